The third-order valence-electron chi connectivity index (χ3n) is 3.43. The first-order valence-corrected chi connectivity index (χ1v) is 7.56. The van der Waals surface area contributed by atoms with Crippen LogP contribution in [0.3, 0.4) is 0 Å². The molecule has 0 unspecified atom stereocenters. The summed E-state index contributed by atoms with van der Waals surface area (Å²) in [6.07, 6.45) is 0.883. The zero-order valence-corrected chi connectivity index (χ0v) is 13.0. The van der Waals surface area contributed by atoms with Gasteiger partial charge in [-0.3, -0.25) is 0 Å². The second kappa shape index (κ2) is 6.80. The van der Waals surface area contributed by atoms with Crippen LogP contribution < -0.4 is 5.32 Å². The van der Waals surface area contributed by atoms with Gasteiger partial charge < -0.3 is 15.4 Å². The molecule has 0 aliphatic heterocycles. The number of alkyl halides is 1. The molecule has 0 saturated carbocycles. The summed E-state index contributed by atoms with van der Waals surface area (Å²) in [7, 11) is 0. The number of carbonyl (C=O) groups is 1. The molecule has 0 aliphatic rings. The third-order valence-corrected chi connectivity index (χ3v) is 3.69. The van der Waals surface area contributed by atoms with Crippen molar-refractivity contribution in [2.75, 3.05) is 0 Å². The number of nitrogens with zero attached hydrogens (tertiary/aromatic N) is 1. The molecule has 1 heterocycles. The number of rotatable bonds is 6. The number of aryl methyl sites for hydroxylation is 1. The van der Waals surface area contributed by atoms with Gasteiger partial charge in [0.25, 0.3) is 0 Å². The number of amides is 1. The quantitative estimate of drug-likeness (QED) is 0.713. The lowest BCUT2D eigenvalue weighted by Crippen LogP contribution is -2.21. The van der Waals surface area contributed by atoms with Crippen LogP contribution in [0.15, 0.2) is 12.1 Å². The number of benzene rings is 1. The van der Waals surface area contributed by atoms with Crippen LogP contribution >= 0.6 is 11.6 Å². The number of H-pyrrole nitrogens is 1. The summed E-state index contributed by atoms with van der Waals surface area (Å²) in [5.74, 6) is 1.65. The van der Waals surface area contributed by atoms with Gasteiger partial charge in [0.15, 0.2) is 0 Å². The first-order chi connectivity index (χ1) is 10.0. The summed E-state index contributed by atoms with van der Waals surface area (Å²) in [6.45, 7) is 4.63. The van der Waals surface area contributed by atoms with E-state index < -0.39 is 6.09 Å². The van der Waals surface area contributed by atoms with E-state index in [4.69, 9.17) is 16.7 Å². The Morgan fingerprint density at radius 3 is 2.86 bits per heavy atom. The van der Waals surface area contributed by atoms with Gasteiger partial charge in [-0.1, -0.05) is 19.9 Å². The topological polar surface area (TPSA) is 78.0 Å². The summed E-state index contributed by atoms with van der Waals surface area (Å²) in [5, 5.41) is 11.2. The van der Waals surface area contributed by atoms with Gasteiger partial charge in [-0.25, -0.2) is 9.78 Å². The van der Waals surface area contributed by atoms with Crippen molar-refractivity contribution >= 4 is 28.7 Å². The molecule has 1 aromatic heterocycles. The van der Waals surface area contributed by atoms with E-state index in [1.54, 1.807) is 0 Å². The van der Waals surface area contributed by atoms with Crippen LogP contribution in [0.1, 0.15) is 37.2 Å². The minimum Gasteiger partial charge on any atom is -0.465 e. The molecule has 0 fully saturated rings. The maximum Gasteiger partial charge on any atom is 0.404 e. The van der Waals surface area contributed by atoms with Crippen LogP contribution in [-0.4, -0.2) is 21.2 Å². The molecule has 0 spiro atoms. The Balaban J connectivity index is 2.40. The first kappa shape index (κ1) is 15.6. The van der Waals surface area contributed by atoms with E-state index in [2.05, 4.69) is 29.1 Å². The Morgan fingerprint density at radius 1 is 1.48 bits per heavy atom. The minimum absolute atomic E-state index is 0.293. The van der Waals surface area contributed by atoms with Crippen molar-refractivity contribution in [1.82, 2.24) is 15.3 Å². The fraction of sp³-hybridized carbons (Fsp3) is 0.467. The van der Waals surface area contributed by atoms with Crippen LogP contribution in [0.5, 0.6) is 0 Å². The number of hydrogen-bond acceptors (Lipinski definition) is 2. The molecular weight excluding hydrogens is 290 g/mol. The molecule has 0 bridgehead atoms. The van der Waals surface area contributed by atoms with Crippen LogP contribution in [0.25, 0.3) is 11.0 Å². The average Bonchev–Trinajstić information content (AvgIpc) is 2.85. The summed E-state index contributed by atoms with van der Waals surface area (Å²) in [4.78, 5) is 18.4. The van der Waals surface area contributed by atoms with Gasteiger partial charge >= 0.3 is 6.09 Å². The maximum absolute atomic E-state index is 10.7. The molecule has 3 N–H and O–H groups in total. The van der Waals surface area contributed by atoms with E-state index in [1.165, 1.54) is 0 Å². The highest BCUT2D eigenvalue weighted by atomic mass is 35.5. The van der Waals surface area contributed by atoms with Crippen molar-refractivity contribution in [3.63, 3.8) is 0 Å². The van der Waals surface area contributed by atoms with Gasteiger partial charge in [-0.15, -0.1) is 11.6 Å². The molecule has 1 amide bonds. The van der Waals surface area contributed by atoms with Crippen molar-refractivity contribution in [2.45, 2.75) is 39.1 Å². The second-order valence-corrected chi connectivity index (χ2v) is 5.78. The average molecular weight is 310 g/mol. The normalized spacial score (nSPS) is 11.2. The number of hydrogen-bond donors (Lipinski definition) is 3. The smallest absolute Gasteiger partial charge is 0.404 e. The Kier molecular flexibility index (Phi) is 5.07. The molecule has 1 aromatic carbocycles. The lowest BCUT2D eigenvalue weighted by molar-refractivity contribution is 0.194. The second-order valence-electron chi connectivity index (χ2n) is 5.51. The molecule has 0 atom stereocenters. The molecule has 6 heteroatoms. The minimum atomic E-state index is -1.02. The van der Waals surface area contributed by atoms with Crippen molar-refractivity contribution in [3.8, 4) is 0 Å². The molecule has 114 valence electrons. The van der Waals surface area contributed by atoms with E-state index in [1.807, 2.05) is 12.1 Å². The van der Waals surface area contributed by atoms with Crippen LogP contribution in [0.2, 0.25) is 0 Å². The molecule has 0 aliphatic carbocycles. The highest BCUT2D eigenvalue weighted by Crippen LogP contribution is 2.24. The predicted octanol–water partition coefficient (Wildman–Crippen LogP) is 3.66. The zero-order chi connectivity index (χ0) is 15.4. The summed E-state index contributed by atoms with van der Waals surface area (Å²) >= 11 is 5.84. The number of aromatic amines is 1. The molecule has 0 saturated heterocycles. The Bertz CT molecular complexity index is 637. The highest BCUT2D eigenvalue weighted by molar-refractivity contribution is 6.16. The summed E-state index contributed by atoms with van der Waals surface area (Å²) in [6, 6.07) is 3.88. The van der Waals surface area contributed by atoms with Gasteiger partial charge in [-0.05, 0) is 36.0 Å². The van der Waals surface area contributed by atoms with Crippen LogP contribution in [0, 0.1) is 5.92 Å². The van der Waals surface area contributed by atoms with Gasteiger partial charge in [0.2, 0.25) is 0 Å². The monoisotopic (exact) mass is 309 g/mol. The fourth-order valence-electron chi connectivity index (χ4n) is 2.34. The fourth-order valence-corrected chi connectivity index (χ4v) is 2.46. The van der Waals surface area contributed by atoms with E-state index >= 15 is 0 Å². The third kappa shape index (κ3) is 3.88. The van der Waals surface area contributed by atoms with Gasteiger partial charge in [0.05, 0.1) is 16.9 Å². The first-order valence-electron chi connectivity index (χ1n) is 7.03. The Morgan fingerprint density at radius 2 is 2.24 bits per heavy atom. The molecule has 2 aromatic rings. The summed E-state index contributed by atoms with van der Waals surface area (Å²) in [5.41, 5.74) is 3.92. The van der Waals surface area contributed by atoms with Crippen LogP contribution in [-0.2, 0) is 18.8 Å². The number of halogens is 1. The standard InChI is InChI=1S/C15H20ClN3O2/c1-9(2)3-5-11-10(8-17-15(20)21)4-6-12-14(11)19-13(7-16)18-12/h4,6,9,17H,3,5,7-8H2,1-2H3,(H,18,19)(H,20,21). The van der Waals surface area contributed by atoms with Gasteiger partial charge in [-0.2, -0.15) is 0 Å². The Hall–Kier alpha value is -1.75. The van der Waals surface area contributed by atoms with Gasteiger partial charge in [0, 0.05) is 6.54 Å². The van der Waals surface area contributed by atoms with E-state index in [9.17, 15) is 4.79 Å². The molecule has 5 nitrogen and oxygen atoms in total. The Labute approximate surface area is 128 Å². The van der Waals surface area contributed by atoms with Crippen LogP contribution in [0.4, 0.5) is 4.79 Å². The molecule has 0 radical (unpaired) electrons. The molecular formula is C15H20ClN3O2. The number of imidazole rings is 1. The zero-order valence-electron chi connectivity index (χ0n) is 12.2. The number of aromatic nitrogens is 2. The SMILES string of the molecule is CC(C)CCc1c(CNC(=O)O)ccc2[nH]c(CCl)nc12. The molecule has 2 rings (SSSR count). The lowest BCUT2D eigenvalue weighted by atomic mass is 9.97. The number of carboxylic acid groups (broad SMARTS) is 1. The highest BCUT2D eigenvalue weighted by Gasteiger charge is 2.13. The van der Waals surface area contributed by atoms with Gasteiger partial charge in [0.1, 0.15) is 5.82 Å². The van der Waals surface area contributed by atoms with E-state index in [-0.39, 0.29) is 0 Å². The van der Waals surface area contributed by atoms with E-state index in [0.29, 0.717) is 18.3 Å². The van der Waals surface area contributed by atoms with E-state index in [0.717, 1.165) is 40.8 Å². The van der Waals surface area contributed by atoms with Crippen molar-refractivity contribution in [3.05, 3.63) is 29.1 Å². The lowest BCUT2D eigenvalue weighted by Gasteiger charge is -2.12. The van der Waals surface area contributed by atoms with Crippen molar-refractivity contribution in [1.29, 1.82) is 0 Å². The molecule has 21 heavy (non-hydrogen) atoms. The van der Waals surface area contributed by atoms with Crippen molar-refractivity contribution in [2.24, 2.45) is 5.92 Å². The maximum atomic E-state index is 10.7. The predicted molar refractivity (Wildman–Crippen MR) is 83.7 cm³/mol. The number of fused-ring (bicyclic) bond motifs is 1. The largest absolute Gasteiger partial charge is 0.465 e. The summed E-state index contributed by atoms with van der Waals surface area (Å²) < 4.78 is 0. The number of nitrogens with one attached hydrogen (secondary N) is 2. The van der Waals surface area contributed by atoms with Crippen molar-refractivity contribution < 1.29 is 9.90 Å².